The van der Waals surface area contributed by atoms with E-state index in [0.717, 1.165) is 16.7 Å². The minimum absolute atomic E-state index is 0.00113. The highest BCUT2D eigenvalue weighted by molar-refractivity contribution is 7.99. The molecule has 0 fully saturated rings. The number of aliphatic hydroxyl groups is 2. The van der Waals surface area contributed by atoms with Gasteiger partial charge in [-0.1, -0.05) is 48.2 Å². The van der Waals surface area contributed by atoms with E-state index in [-0.39, 0.29) is 30.6 Å². The number of benzene rings is 3. The van der Waals surface area contributed by atoms with Gasteiger partial charge in [0.05, 0.1) is 24.7 Å². The van der Waals surface area contributed by atoms with Crippen LogP contribution in [-0.4, -0.2) is 49.2 Å². The van der Waals surface area contributed by atoms with Gasteiger partial charge in [0.1, 0.15) is 5.75 Å². The summed E-state index contributed by atoms with van der Waals surface area (Å²) < 4.78 is 25.1. The molecule has 3 aromatic rings. The molecule has 176 valence electrons. The summed E-state index contributed by atoms with van der Waals surface area (Å²) >= 11 is 1.68. The minimum atomic E-state index is -3.57. The third-order valence-electron chi connectivity index (χ3n) is 4.91. The van der Waals surface area contributed by atoms with Gasteiger partial charge in [-0.05, 0) is 53.9 Å². The summed E-state index contributed by atoms with van der Waals surface area (Å²) in [5.41, 5.74) is 1.49. The smallest absolute Gasteiger partial charge is 0.229 e. The first-order valence-corrected chi connectivity index (χ1v) is 13.1. The highest BCUT2D eigenvalue weighted by atomic mass is 32.2. The fraction of sp³-hybridized carbons (Fsp3) is 0.250. The molecule has 0 saturated heterocycles. The summed E-state index contributed by atoms with van der Waals surface area (Å²) in [6.07, 6.45) is 0.607. The standard InChI is InChI=1S/C24H28N2O5S2/c1-33(30,31)26-22-14-18(9-12-23(22)28)24(29)15-25-19(16-27)13-17-7-10-21(11-8-17)32-20-5-3-2-4-6-20/h2-12,14,19,24-29H,13,15-16H2,1H3/t19?,24-/m0/s1. The largest absolute Gasteiger partial charge is 0.506 e. The van der Waals surface area contributed by atoms with Gasteiger partial charge in [-0.2, -0.15) is 0 Å². The van der Waals surface area contributed by atoms with Crippen molar-refractivity contribution in [2.45, 2.75) is 28.4 Å². The Labute approximate surface area is 198 Å². The van der Waals surface area contributed by atoms with Crippen molar-refractivity contribution >= 4 is 27.5 Å². The highest BCUT2D eigenvalue weighted by Crippen LogP contribution is 2.29. The molecule has 0 radical (unpaired) electrons. The lowest BCUT2D eigenvalue weighted by Crippen LogP contribution is -2.37. The van der Waals surface area contributed by atoms with Crippen molar-refractivity contribution < 1.29 is 23.7 Å². The molecular weight excluding hydrogens is 460 g/mol. The normalized spacial score (nSPS) is 13.4. The predicted molar refractivity (Wildman–Crippen MR) is 131 cm³/mol. The van der Waals surface area contributed by atoms with Gasteiger partial charge in [0, 0.05) is 22.4 Å². The van der Waals surface area contributed by atoms with Gasteiger partial charge in [-0.25, -0.2) is 8.42 Å². The van der Waals surface area contributed by atoms with Gasteiger partial charge >= 0.3 is 0 Å². The molecule has 0 heterocycles. The second-order valence-corrected chi connectivity index (χ2v) is 10.6. The topological polar surface area (TPSA) is 119 Å². The van der Waals surface area contributed by atoms with Crippen molar-refractivity contribution in [3.63, 3.8) is 0 Å². The molecule has 9 heteroatoms. The molecule has 0 amide bonds. The highest BCUT2D eigenvalue weighted by Gasteiger charge is 2.15. The van der Waals surface area contributed by atoms with Gasteiger partial charge in [0.25, 0.3) is 0 Å². The molecule has 3 aromatic carbocycles. The summed E-state index contributed by atoms with van der Waals surface area (Å²) in [6, 6.07) is 22.2. The molecule has 0 aliphatic heterocycles. The number of nitrogens with one attached hydrogen (secondary N) is 2. The SMILES string of the molecule is CS(=O)(=O)Nc1cc([C@@H](O)CNC(CO)Cc2ccc(Sc3ccccc3)cc2)ccc1O. The first-order valence-electron chi connectivity index (χ1n) is 10.4. The molecule has 0 aromatic heterocycles. The van der Waals surface area contributed by atoms with Gasteiger partial charge in [-0.15, -0.1) is 0 Å². The first kappa shape index (κ1) is 25.1. The van der Waals surface area contributed by atoms with E-state index < -0.39 is 16.1 Å². The second kappa shape index (κ2) is 11.5. The van der Waals surface area contributed by atoms with Crippen LogP contribution < -0.4 is 10.0 Å². The number of aliphatic hydroxyl groups excluding tert-OH is 2. The molecule has 33 heavy (non-hydrogen) atoms. The molecule has 0 aliphatic carbocycles. The maximum Gasteiger partial charge on any atom is 0.229 e. The van der Waals surface area contributed by atoms with Crippen LogP contribution in [0.4, 0.5) is 5.69 Å². The van der Waals surface area contributed by atoms with Crippen LogP contribution in [0.5, 0.6) is 5.75 Å². The van der Waals surface area contributed by atoms with Crippen molar-refractivity contribution in [1.29, 1.82) is 0 Å². The number of hydrogen-bond donors (Lipinski definition) is 5. The monoisotopic (exact) mass is 488 g/mol. The van der Waals surface area contributed by atoms with E-state index in [2.05, 4.69) is 22.2 Å². The molecule has 1 unspecified atom stereocenters. The second-order valence-electron chi connectivity index (χ2n) is 7.72. The quantitative estimate of drug-likeness (QED) is 0.263. The molecule has 5 N–H and O–H groups in total. The van der Waals surface area contributed by atoms with Crippen LogP contribution in [0.25, 0.3) is 0 Å². The maximum atomic E-state index is 11.4. The van der Waals surface area contributed by atoms with Gasteiger partial charge in [0.15, 0.2) is 0 Å². The van der Waals surface area contributed by atoms with Crippen molar-refractivity contribution in [1.82, 2.24) is 5.32 Å². The molecule has 0 saturated carbocycles. The van der Waals surface area contributed by atoms with Crippen LogP contribution in [0.1, 0.15) is 17.2 Å². The van der Waals surface area contributed by atoms with Crippen molar-refractivity contribution in [2.24, 2.45) is 0 Å². The molecular formula is C24H28N2O5S2. The fourth-order valence-corrected chi connectivity index (χ4v) is 4.64. The van der Waals surface area contributed by atoms with Crippen LogP contribution in [-0.2, 0) is 16.4 Å². The van der Waals surface area contributed by atoms with E-state index in [1.165, 1.54) is 23.1 Å². The van der Waals surface area contributed by atoms with Crippen LogP contribution in [0.2, 0.25) is 0 Å². The van der Waals surface area contributed by atoms with Crippen LogP contribution >= 0.6 is 11.8 Å². The summed E-state index contributed by atoms with van der Waals surface area (Å²) in [6.45, 7) is 0.0416. The van der Waals surface area contributed by atoms with E-state index in [1.807, 2.05) is 42.5 Å². The average molecular weight is 489 g/mol. The molecule has 0 aliphatic rings. The number of hydrogen-bond acceptors (Lipinski definition) is 7. The Hall–Kier alpha value is -2.56. The zero-order chi connectivity index (χ0) is 23.8. The summed E-state index contributed by atoms with van der Waals surface area (Å²) in [5, 5.41) is 33.3. The number of sulfonamides is 1. The van der Waals surface area contributed by atoms with Gasteiger partial charge in [-0.3, -0.25) is 4.72 Å². The van der Waals surface area contributed by atoms with Gasteiger partial charge < -0.3 is 20.6 Å². The number of aromatic hydroxyl groups is 1. The molecule has 2 atom stereocenters. The van der Waals surface area contributed by atoms with Crippen molar-refractivity contribution in [3.05, 3.63) is 83.9 Å². The third-order valence-corrected chi connectivity index (χ3v) is 6.51. The fourth-order valence-electron chi connectivity index (χ4n) is 3.24. The Morgan fingerprint density at radius 1 is 0.970 bits per heavy atom. The molecule has 0 spiro atoms. The van der Waals surface area contributed by atoms with Crippen LogP contribution in [0, 0.1) is 0 Å². The Kier molecular flexibility index (Phi) is 8.76. The Balaban J connectivity index is 1.56. The Bertz CT molecular complexity index is 1140. The Morgan fingerprint density at radius 2 is 1.64 bits per heavy atom. The Morgan fingerprint density at radius 3 is 2.27 bits per heavy atom. The van der Waals surface area contributed by atoms with Crippen LogP contribution in [0.3, 0.4) is 0 Å². The van der Waals surface area contributed by atoms with E-state index in [1.54, 1.807) is 11.8 Å². The molecule has 7 nitrogen and oxygen atoms in total. The summed E-state index contributed by atoms with van der Waals surface area (Å²) in [5.74, 6) is -0.230. The lowest BCUT2D eigenvalue weighted by Gasteiger charge is -2.20. The summed E-state index contributed by atoms with van der Waals surface area (Å²) in [7, 11) is -3.57. The lowest BCUT2D eigenvalue weighted by atomic mass is 10.0. The maximum absolute atomic E-state index is 11.4. The molecule has 3 rings (SSSR count). The third kappa shape index (κ3) is 8.06. The van der Waals surface area contributed by atoms with E-state index in [0.29, 0.717) is 12.0 Å². The average Bonchev–Trinajstić information content (AvgIpc) is 2.79. The zero-order valence-corrected chi connectivity index (χ0v) is 19.8. The summed E-state index contributed by atoms with van der Waals surface area (Å²) in [4.78, 5) is 2.29. The number of anilines is 1. The lowest BCUT2D eigenvalue weighted by molar-refractivity contribution is 0.158. The molecule has 0 bridgehead atoms. The first-order chi connectivity index (χ1) is 15.7. The van der Waals surface area contributed by atoms with Crippen molar-refractivity contribution in [3.8, 4) is 5.75 Å². The predicted octanol–water partition coefficient (Wildman–Crippen LogP) is 3.14. The van der Waals surface area contributed by atoms with Gasteiger partial charge in [0.2, 0.25) is 10.0 Å². The van der Waals surface area contributed by atoms with E-state index in [9.17, 15) is 23.7 Å². The number of phenolic OH excluding ortho intramolecular Hbond substituents is 1. The zero-order valence-electron chi connectivity index (χ0n) is 18.2. The van der Waals surface area contributed by atoms with E-state index >= 15 is 0 Å². The van der Waals surface area contributed by atoms with Crippen molar-refractivity contribution in [2.75, 3.05) is 24.1 Å². The van der Waals surface area contributed by atoms with Crippen LogP contribution in [0.15, 0.2) is 82.6 Å². The number of rotatable bonds is 11. The van der Waals surface area contributed by atoms with E-state index in [4.69, 9.17) is 0 Å². The minimum Gasteiger partial charge on any atom is -0.506 e. The number of phenols is 1.